The van der Waals surface area contributed by atoms with Gasteiger partial charge >= 0.3 is 6.18 Å². The summed E-state index contributed by atoms with van der Waals surface area (Å²) in [6, 6.07) is 14.3. The first-order valence-corrected chi connectivity index (χ1v) is 10.1. The van der Waals surface area contributed by atoms with Crippen LogP contribution in [0.4, 0.5) is 18.9 Å². The molecule has 3 aromatic rings. The van der Waals surface area contributed by atoms with Crippen molar-refractivity contribution in [3.05, 3.63) is 77.1 Å². The number of alkyl halides is 3. The van der Waals surface area contributed by atoms with Gasteiger partial charge in [0.05, 0.1) is 28.3 Å². The number of hydrogen-bond donors (Lipinski definition) is 0. The van der Waals surface area contributed by atoms with Gasteiger partial charge in [-0.05, 0) is 50.2 Å². The van der Waals surface area contributed by atoms with Crippen molar-refractivity contribution in [3.63, 3.8) is 0 Å². The molecule has 1 aliphatic heterocycles. The molecule has 2 aromatic carbocycles. The highest BCUT2D eigenvalue weighted by Gasteiger charge is 2.31. The first kappa shape index (κ1) is 21.0. The molecule has 0 bridgehead atoms. The lowest BCUT2D eigenvalue weighted by Crippen LogP contribution is -2.49. The summed E-state index contributed by atoms with van der Waals surface area (Å²) in [5.74, 6) is -0.248. The van der Waals surface area contributed by atoms with E-state index in [-0.39, 0.29) is 11.5 Å². The van der Waals surface area contributed by atoms with Crippen LogP contribution >= 0.6 is 0 Å². The van der Waals surface area contributed by atoms with Crippen molar-refractivity contribution < 1.29 is 18.0 Å². The van der Waals surface area contributed by atoms with Crippen LogP contribution < -0.4 is 4.90 Å². The zero-order valence-electron chi connectivity index (χ0n) is 17.4. The normalized spacial score (nSPS) is 14.7. The predicted octanol–water partition coefficient (Wildman–Crippen LogP) is 4.47. The van der Waals surface area contributed by atoms with Crippen LogP contribution in [-0.4, -0.2) is 46.8 Å². The zero-order valence-corrected chi connectivity index (χ0v) is 17.4. The third-order valence-corrected chi connectivity index (χ3v) is 5.60. The molecular weight excluding hydrogens is 405 g/mol. The van der Waals surface area contributed by atoms with Crippen molar-refractivity contribution in [1.29, 1.82) is 0 Å². The van der Waals surface area contributed by atoms with Crippen LogP contribution in [0.5, 0.6) is 0 Å². The van der Waals surface area contributed by atoms with E-state index in [0.29, 0.717) is 26.2 Å². The molecule has 0 radical (unpaired) electrons. The highest BCUT2D eigenvalue weighted by molar-refractivity contribution is 5.94. The first-order chi connectivity index (χ1) is 14.8. The lowest BCUT2D eigenvalue weighted by Gasteiger charge is -2.36. The fraction of sp³-hybridized carbons (Fsp3) is 0.304. The smallest absolute Gasteiger partial charge is 0.365 e. The molecule has 1 aromatic heterocycles. The Morgan fingerprint density at radius 2 is 1.52 bits per heavy atom. The molecule has 0 atom stereocenters. The van der Waals surface area contributed by atoms with Gasteiger partial charge in [-0.15, -0.1) is 0 Å². The molecule has 1 amide bonds. The van der Waals surface area contributed by atoms with Crippen molar-refractivity contribution in [2.75, 3.05) is 31.1 Å². The lowest BCUT2D eigenvalue weighted by molar-refractivity contribution is -0.137. The van der Waals surface area contributed by atoms with Gasteiger partial charge in [-0.25, -0.2) is 4.68 Å². The number of hydrogen-bond acceptors (Lipinski definition) is 3. The average molecular weight is 428 g/mol. The second-order valence-electron chi connectivity index (χ2n) is 7.62. The number of para-hydroxylation sites is 1. The maximum atomic E-state index is 12.7. The largest absolute Gasteiger partial charge is 0.416 e. The number of aryl methyl sites for hydroxylation is 1. The van der Waals surface area contributed by atoms with Crippen molar-refractivity contribution in [2.24, 2.45) is 0 Å². The number of anilines is 1. The maximum Gasteiger partial charge on any atom is 0.416 e. The minimum absolute atomic E-state index is 0.248. The van der Waals surface area contributed by atoms with Crippen LogP contribution in [0.3, 0.4) is 0 Å². The fourth-order valence-corrected chi connectivity index (χ4v) is 4.03. The van der Waals surface area contributed by atoms with Crippen LogP contribution in [0.15, 0.2) is 54.6 Å². The molecule has 2 heterocycles. The van der Waals surface area contributed by atoms with E-state index >= 15 is 0 Å². The van der Waals surface area contributed by atoms with Gasteiger partial charge in [-0.2, -0.15) is 18.3 Å². The van der Waals surface area contributed by atoms with Crippen LogP contribution in [-0.2, 0) is 6.18 Å². The average Bonchev–Trinajstić information content (AvgIpc) is 3.07. The number of amides is 1. The summed E-state index contributed by atoms with van der Waals surface area (Å²) in [7, 11) is 0. The van der Waals surface area contributed by atoms with Gasteiger partial charge < -0.3 is 9.80 Å². The van der Waals surface area contributed by atoms with E-state index < -0.39 is 11.7 Å². The number of aromatic nitrogens is 2. The fourth-order valence-electron chi connectivity index (χ4n) is 4.03. The maximum absolute atomic E-state index is 12.7. The molecule has 162 valence electrons. The third-order valence-electron chi connectivity index (χ3n) is 5.60. The molecule has 0 unspecified atom stereocenters. The second kappa shape index (κ2) is 8.09. The van der Waals surface area contributed by atoms with Gasteiger partial charge in [-0.3, -0.25) is 4.79 Å². The van der Waals surface area contributed by atoms with Gasteiger partial charge in [0.15, 0.2) is 0 Å². The zero-order chi connectivity index (χ0) is 22.2. The molecule has 4 rings (SSSR count). The Kier molecular flexibility index (Phi) is 5.47. The van der Waals surface area contributed by atoms with Crippen LogP contribution in [0.25, 0.3) is 5.69 Å². The highest BCUT2D eigenvalue weighted by atomic mass is 19.4. The Morgan fingerprint density at radius 3 is 2.10 bits per heavy atom. The number of nitrogens with zero attached hydrogens (tertiary/aromatic N) is 4. The summed E-state index contributed by atoms with van der Waals surface area (Å²) >= 11 is 0. The van der Waals surface area contributed by atoms with E-state index in [0.717, 1.165) is 34.9 Å². The summed E-state index contributed by atoms with van der Waals surface area (Å²) in [6.07, 6.45) is -4.41. The molecule has 0 spiro atoms. The van der Waals surface area contributed by atoms with E-state index in [1.54, 1.807) is 4.90 Å². The Morgan fingerprint density at radius 1 is 0.903 bits per heavy atom. The van der Waals surface area contributed by atoms with Crippen molar-refractivity contribution in [3.8, 4) is 5.69 Å². The molecule has 8 heteroatoms. The number of halogens is 3. The summed E-state index contributed by atoms with van der Waals surface area (Å²) in [6.45, 7) is 6.26. The van der Waals surface area contributed by atoms with Gasteiger partial charge in [0.1, 0.15) is 0 Å². The quantitative estimate of drug-likeness (QED) is 0.618. The molecule has 0 saturated carbocycles. The first-order valence-electron chi connectivity index (χ1n) is 10.1. The van der Waals surface area contributed by atoms with Crippen molar-refractivity contribution in [2.45, 2.75) is 20.0 Å². The Balaban J connectivity index is 1.46. The molecule has 0 N–H and O–H groups in total. The van der Waals surface area contributed by atoms with E-state index in [4.69, 9.17) is 0 Å². The SMILES string of the molecule is Cc1nn(-c2ccccc2)c(C)c1N1CCN(C(=O)c2ccc(C(F)(F)F)cc2)CC1. The highest BCUT2D eigenvalue weighted by Crippen LogP contribution is 2.30. The molecule has 1 fully saturated rings. The van der Waals surface area contributed by atoms with Crippen molar-refractivity contribution in [1.82, 2.24) is 14.7 Å². The van der Waals surface area contributed by atoms with Gasteiger partial charge in [-0.1, -0.05) is 18.2 Å². The molecule has 5 nitrogen and oxygen atoms in total. The molecule has 1 aliphatic rings. The summed E-state index contributed by atoms with van der Waals surface area (Å²) < 4.78 is 40.2. The van der Waals surface area contributed by atoms with Crippen molar-refractivity contribution >= 4 is 11.6 Å². The summed E-state index contributed by atoms with van der Waals surface area (Å²) in [5.41, 5.74) is 3.52. The van der Waals surface area contributed by atoms with E-state index in [9.17, 15) is 18.0 Å². The Bertz CT molecular complexity index is 1070. The molecule has 0 aliphatic carbocycles. The van der Waals surface area contributed by atoms with Crippen LogP contribution in [0.2, 0.25) is 0 Å². The number of rotatable bonds is 3. The van der Waals surface area contributed by atoms with Gasteiger partial charge in [0.2, 0.25) is 0 Å². The Labute approximate surface area is 178 Å². The van der Waals surface area contributed by atoms with E-state index in [2.05, 4.69) is 10.00 Å². The number of benzene rings is 2. The molecular formula is C23H23F3N4O. The van der Waals surface area contributed by atoms with E-state index in [1.807, 2.05) is 48.9 Å². The van der Waals surface area contributed by atoms with Crippen LogP contribution in [0.1, 0.15) is 27.3 Å². The number of piperazine rings is 1. The number of carbonyl (C=O) groups excluding carboxylic acids is 1. The lowest BCUT2D eigenvalue weighted by atomic mass is 10.1. The third kappa shape index (κ3) is 4.15. The summed E-state index contributed by atoms with van der Waals surface area (Å²) in [4.78, 5) is 16.6. The minimum Gasteiger partial charge on any atom is -0.365 e. The standard InChI is InChI=1S/C23H23F3N4O/c1-16-21(17(2)30(27-16)20-6-4-3-5-7-20)28-12-14-29(15-13-28)22(31)18-8-10-19(11-9-18)23(24,25)26/h3-11H,12-15H2,1-2H3. The van der Waals surface area contributed by atoms with Gasteiger partial charge in [0, 0.05) is 31.7 Å². The van der Waals surface area contributed by atoms with Crippen LogP contribution in [0, 0.1) is 13.8 Å². The molecule has 31 heavy (non-hydrogen) atoms. The van der Waals surface area contributed by atoms with Gasteiger partial charge in [0.25, 0.3) is 5.91 Å². The number of carbonyl (C=O) groups is 1. The Hall–Kier alpha value is -3.29. The van der Waals surface area contributed by atoms with E-state index in [1.165, 1.54) is 12.1 Å². The molecule has 1 saturated heterocycles. The predicted molar refractivity (Wildman–Crippen MR) is 113 cm³/mol. The second-order valence-corrected chi connectivity index (χ2v) is 7.62. The minimum atomic E-state index is -4.41. The topological polar surface area (TPSA) is 41.4 Å². The monoisotopic (exact) mass is 428 g/mol. The summed E-state index contributed by atoms with van der Waals surface area (Å²) in [5, 5.41) is 4.69.